The minimum atomic E-state index is 0.236. The number of hydrogen-bond acceptors (Lipinski definition) is 5. The molecule has 0 aliphatic rings. The number of nitrogens with one attached hydrogen (secondary N) is 1. The number of hydrogen-bond donors (Lipinski definition) is 1. The summed E-state index contributed by atoms with van der Waals surface area (Å²) in [5.74, 6) is 1.73. The van der Waals surface area contributed by atoms with Gasteiger partial charge in [-0.2, -0.15) is 4.98 Å². The van der Waals surface area contributed by atoms with Gasteiger partial charge in [0.05, 0.1) is 5.92 Å². The molecular formula is C13H25N3O2. The molecule has 5 heteroatoms. The summed E-state index contributed by atoms with van der Waals surface area (Å²) >= 11 is 0. The Morgan fingerprint density at radius 3 is 2.83 bits per heavy atom. The third-order valence-corrected chi connectivity index (χ3v) is 3.09. The van der Waals surface area contributed by atoms with Gasteiger partial charge in [0.25, 0.3) is 0 Å². The van der Waals surface area contributed by atoms with Gasteiger partial charge >= 0.3 is 0 Å². The molecule has 0 aromatic carbocycles. The smallest absolute Gasteiger partial charge is 0.231 e. The summed E-state index contributed by atoms with van der Waals surface area (Å²) in [7, 11) is 1.70. The van der Waals surface area contributed by atoms with E-state index in [0.717, 1.165) is 44.1 Å². The molecular weight excluding hydrogens is 230 g/mol. The van der Waals surface area contributed by atoms with Gasteiger partial charge in [0, 0.05) is 26.2 Å². The molecule has 1 heterocycles. The van der Waals surface area contributed by atoms with Crippen LogP contribution in [0.2, 0.25) is 0 Å². The van der Waals surface area contributed by atoms with Crippen LogP contribution in [0, 0.1) is 0 Å². The van der Waals surface area contributed by atoms with Crippen LogP contribution in [0.1, 0.15) is 51.2 Å². The second-order valence-electron chi connectivity index (χ2n) is 4.68. The van der Waals surface area contributed by atoms with Crippen molar-refractivity contribution in [1.82, 2.24) is 15.5 Å². The summed E-state index contributed by atoms with van der Waals surface area (Å²) in [6.07, 6.45) is 2.86. The van der Waals surface area contributed by atoms with E-state index in [9.17, 15) is 0 Å². The topological polar surface area (TPSA) is 60.2 Å². The lowest BCUT2D eigenvalue weighted by Crippen LogP contribution is -2.31. The van der Waals surface area contributed by atoms with Crippen LogP contribution in [-0.4, -0.2) is 36.4 Å². The maximum atomic E-state index is 5.32. The second-order valence-corrected chi connectivity index (χ2v) is 4.68. The number of aromatic nitrogens is 2. The molecule has 0 spiro atoms. The van der Waals surface area contributed by atoms with E-state index >= 15 is 0 Å². The summed E-state index contributed by atoms with van der Waals surface area (Å²) < 4.78 is 10.3. The van der Waals surface area contributed by atoms with E-state index in [1.54, 1.807) is 7.11 Å². The predicted octanol–water partition coefficient (Wildman–Crippen LogP) is 2.14. The first-order valence-electron chi connectivity index (χ1n) is 6.73. The molecule has 2 atom stereocenters. The summed E-state index contributed by atoms with van der Waals surface area (Å²) in [6.45, 7) is 8.16. The van der Waals surface area contributed by atoms with Gasteiger partial charge in [-0.1, -0.05) is 19.0 Å². The minimum absolute atomic E-state index is 0.236. The van der Waals surface area contributed by atoms with E-state index in [1.807, 2.05) is 0 Å². The van der Waals surface area contributed by atoms with Crippen LogP contribution in [0.3, 0.4) is 0 Å². The zero-order valence-electron chi connectivity index (χ0n) is 11.9. The van der Waals surface area contributed by atoms with Crippen molar-refractivity contribution in [2.75, 3.05) is 20.3 Å². The Balaban J connectivity index is 2.45. The van der Waals surface area contributed by atoms with Crippen molar-refractivity contribution in [3.63, 3.8) is 0 Å². The standard InChI is InChI=1S/C13H25N3O2/c1-5-8-14-11(3)10(2)13-15-12(16-18-13)7-6-9-17-4/h10-11,14H,5-9H2,1-4H3. The fourth-order valence-electron chi connectivity index (χ4n) is 1.69. The van der Waals surface area contributed by atoms with Crippen molar-refractivity contribution in [3.8, 4) is 0 Å². The maximum absolute atomic E-state index is 5.32. The number of rotatable bonds is 9. The van der Waals surface area contributed by atoms with Gasteiger partial charge in [-0.05, 0) is 26.3 Å². The summed E-state index contributed by atoms with van der Waals surface area (Å²) in [5, 5.41) is 7.45. The molecule has 1 N–H and O–H groups in total. The molecule has 5 nitrogen and oxygen atoms in total. The van der Waals surface area contributed by atoms with Crippen LogP contribution in [0.5, 0.6) is 0 Å². The highest BCUT2D eigenvalue weighted by atomic mass is 16.5. The zero-order valence-corrected chi connectivity index (χ0v) is 11.9. The van der Waals surface area contributed by atoms with Gasteiger partial charge in [-0.25, -0.2) is 0 Å². The first-order valence-corrected chi connectivity index (χ1v) is 6.73. The summed E-state index contributed by atoms with van der Waals surface area (Å²) in [6, 6.07) is 0.345. The van der Waals surface area contributed by atoms with E-state index in [2.05, 4.69) is 36.2 Å². The molecule has 0 saturated carbocycles. The van der Waals surface area contributed by atoms with E-state index in [0.29, 0.717) is 6.04 Å². The largest absolute Gasteiger partial charge is 0.385 e. The predicted molar refractivity (Wildman–Crippen MR) is 70.7 cm³/mol. The van der Waals surface area contributed by atoms with Crippen LogP contribution >= 0.6 is 0 Å². The van der Waals surface area contributed by atoms with Crippen molar-refractivity contribution in [3.05, 3.63) is 11.7 Å². The fraction of sp³-hybridized carbons (Fsp3) is 0.846. The Hall–Kier alpha value is -0.940. The van der Waals surface area contributed by atoms with Crippen LogP contribution < -0.4 is 5.32 Å². The van der Waals surface area contributed by atoms with Crippen molar-refractivity contribution in [2.45, 2.75) is 52.0 Å². The lowest BCUT2D eigenvalue weighted by Gasteiger charge is -2.17. The van der Waals surface area contributed by atoms with Crippen molar-refractivity contribution in [2.24, 2.45) is 0 Å². The molecule has 0 saturated heterocycles. The Morgan fingerprint density at radius 1 is 1.39 bits per heavy atom. The highest BCUT2D eigenvalue weighted by Crippen LogP contribution is 2.17. The highest BCUT2D eigenvalue weighted by molar-refractivity contribution is 4.96. The SMILES string of the molecule is CCCNC(C)C(C)c1nc(CCCOC)no1. The molecule has 0 aliphatic heterocycles. The van der Waals surface area contributed by atoms with Crippen LogP contribution in [-0.2, 0) is 11.2 Å². The van der Waals surface area contributed by atoms with Crippen LogP contribution in [0.25, 0.3) is 0 Å². The maximum Gasteiger partial charge on any atom is 0.231 e. The van der Waals surface area contributed by atoms with E-state index in [1.165, 1.54) is 0 Å². The third kappa shape index (κ3) is 4.74. The molecule has 2 unspecified atom stereocenters. The Morgan fingerprint density at radius 2 is 2.17 bits per heavy atom. The van der Waals surface area contributed by atoms with Crippen LogP contribution in [0.15, 0.2) is 4.52 Å². The van der Waals surface area contributed by atoms with Crippen molar-refractivity contribution < 1.29 is 9.26 Å². The van der Waals surface area contributed by atoms with E-state index in [4.69, 9.17) is 9.26 Å². The van der Waals surface area contributed by atoms with Gasteiger partial charge in [-0.15, -0.1) is 0 Å². The van der Waals surface area contributed by atoms with Crippen molar-refractivity contribution >= 4 is 0 Å². The summed E-state index contributed by atoms with van der Waals surface area (Å²) in [4.78, 5) is 4.44. The quantitative estimate of drug-likeness (QED) is 0.685. The molecule has 1 aromatic heterocycles. The molecule has 0 bridgehead atoms. The zero-order chi connectivity index (χ0) is 13.4. The Bertz CT molecular complexity index is 328. The van der Waals surface area contributed by atoms with Gasteiger partial charge < -0.3 is 14.6 Å². The highest BCUT2D eigenvalue weighted by Gasteiger charge is 2.19. The van der Waals surface area contributed by atoms with E-state index < -0.39 is 0 Å². The van der Waals surface area contributed by atoms with Gasteiger partial charge in [-0.3, -0.25) is 0 Å². The molecule has 1 rings (SSSR count). The average Bonchev–Trinajstić information content (AvgIpc) is 2.84. The monoisotopic (exact) mass is 255 g/mol. The van der Waals surface area contributed by atoms with Gasteiger partial charge in [0.15, 0.2) is 5.82 Å². The van der Waals surface area contributed by atoms with Gasteiger partial charge in [0.1, 0.15) is 0 Å². The molecule has 1 aromatic rings. The van der Waals surface area contributed by atoms with Crippen molar-refractivity contribution in [1.29, 1.82) is 0 Å². The lowest BCUT2D eigenvalue weighted by molar-refractivity contribution is 0.194. The second kappa shape index (κ2) is 8.21. The first-order chi connectivity index (χ1) is 8.69. The number of nitrogens with zero attached hydrogens (tertiary/aromatic N) is 2. The molecule has 0 radical (unpaired) electrons. The average molecular weight is 255 g/mol. The number of aryl methyl sites for hydroxylation is 1. The first kappa shape index (κ1) is 15.1. The fourth-order valence-corrected chi connectivity index (χ4v) is 1.69. The number of ether oxygens (including phenoxy) is 1. The number of methoxy groups -OCH3 is 1. The molecule has 0 aliphatic carbocycles. The molecule has 18 heavy (non-hydrogen) atoms. The lowest BCUT2D eigenvalue weighted by atomic mass is 10.0. The summed E-state index contributed by atoms with van der Waals surface area (Å²) in [5.41, 5.74) is 0. The normalized spacial score (nSPS) is 14.7. The van der Waals surface area contributed by atoms with Gasteiger partial charge in [0.2, 0.25) is 5.89 Å². The molecule has 104 valence electrons. The molecule has 0 amide bonds. The third-order valence-electron chi connectivity index (χ3n) is 3.09. The van der Waals surface area contributed by atoms with E-state index in [-0.39, 0.29) is 5.92 Å². The molecule has 0 fully saturated rings. The Labute approximate surface area is 109 Å². The van der Waals surface area contributed by atoms with Crippen LogP contribution in [0.4, 0.5) is 0 Å². The Kier molecular flexibility index (Phi) is 6.90. The minimum Gasteiger partial charge on any atom is -0.385 e.